The van der Waals surface area contributed by atoms with Crippen molar-refractivity contribution in [1.82, 2.24) is 4.98 Å². The standard InChI is InChI=1S/C12H18N2S/c1-13-12-11(7-4-8-14-12)15-9-10-5-2-3-6-10/h4,7-8,10H,2-3,5-6,9H2,1H3,(H,13,14). The van der Waals surface area contributed by atoms with Gasteiger partial charge in [-0.1, -0.05) is 12.8 Å². The lowest BCUT2D eigenvalue weighted by Crippen LogP contribution is -1.99. The third-order valence-corrected chi connectivity index (χ3v) is 4.24. The molecule has 0 aliphatic heterocycles. The zero-order chi connectivity index (χ0) is 10.5. The number of nitrogens with one attached hydrogen (secondary N) is 1. The second-order valence-electron chi connectivity index (χ2n) is 4.06. The summed E-state index contributed by atoms with van der Waals surface area (Å²) in [4.78, 5) is 5.59. The van der Waals surface area contributed by atoms with Crippen LogP contribution in [0.5, 0.6) is 0 Å². The number of rotatable bonds is 4. The molecule has 0 unspecified atom stereocenters. The first kappa shape index (κ1) is 10.8. The van der Waals surface area contributed by atoms with Crippen LogP contribution in [0.4, 0.5) is 5.82 Å². The molecular weight excluding hydrogens is 204 g/mol. The molecule has 0 atom stereocenters. The van der Waals surface area contributed by atoms with Crippen molar-refractivity contribution in [2.24, 2.45) is 5.92 Å². The lowest BCUT2D eigenvalue weighted by Gasteiger charge is -2.10. The molecule has 0 saturated heterocycles. The maximum atomic E-state index is 4.31. The Morgan fingerprint density at radius 2 is 2.27 bits per heavy atom. The minimum atomic E-state index is 0.930. The van der Waals surface area contributed by atoms with E-state index in [1.54, 1.807) is 0 Å². The van der Waals surface area contributed by atoms with Gasteiger partial charge in [0, 0.05) is 23.9 Å². The zero-order valence-corrected chi connectivity index (χ0v) is 10.0. The number of hydrogen-bond acceptors (Lipinski definition) is 3. The SMILES string of the molecule is CNc1ncccc1SCC1CCCC1. The van der Waals surface area contributed by atoms with Crippen LogP contribution in [0.3, 0.4) is 0 Å². The van der Waals surface area contributed by atoms with Gasteiger partial charge >= 0.3 is 0 Å². The molecule has 1 saturated carbocycles. The van der Waals surface area contributed by atoms with Crippen molar-refractivity contribution < 1.29 is 0 Å². The Hall–Kier alpha value is -0.700. The summed E-state index contributed by atoms with van der Waals surface area (Å²) >= 11 is 1.94. The molecule has 1 N–H and O–H groups in total. The number of pyridine rings is 1. The van der Waals surface area contributed by atoms with E-state index in [1.165, 1.54) is 36.3 Å². The van der Waals surface area contributed by atoms with Gasteiger partial charge in [0.1, 0.15) is 5.82 Å². The topological polar surface area (TPSA) is 24.9 Å². The van der Waals surface area contributed by atoms with Gasteiger partial charge in [-0.3, -0.25) is 0 Å². The van der Waals surface area contributed by atoms with Gasteiger partial charge in [-0.25, -0.2) is 4.98 Å². The van der Waals surface area contributed by atoms with Crippen molar-refractivity contribution in [3.63, 3.8) is 0 Å². The average Bonchev–Trinajstić information content (AvgIpc) is 2.79. The highest BCUT2D eigenvalue weighted by atomic mass is 32.2. The largest absolute Gasteiger partial charge is 0.372 e. The predicted octanol–water partition coefficient (Wildman–Crippen LogP) is 3.41. The van der Waals surface area contributed by atoms with Gasteiger partial charge in [-0.05, 0) is 30.9 Å². The Balaban J connectivity index is 1.91. The van der Waals surface area contributed by atoms with Gasteiger partial charge in [-0.15, -0.1) is 11.8 Å². The number of nitrogens with zero attached hydrogens (tertiary/aromatic N) is 1. The van der Waals surface area contributed by atoms with Crippen molar-refractivity contribution in [2.75, 3.05) is 18.1 Å². The molecule has 1 fully saturated rings. The van der Waals surface area contributed by atoms with Crippen molar-refractivity contribution in [1.29, 1.82) is 0 Å². The van der Waals surface area contributed by atoms with E-state index in [9.17, 15) is 0 Å². The minimum Gasteiger partial charge on any atom is -0.372 e. The third-order valence-electron chi connectivity index (χ3n) is 2.96. The summed E-state index contributed by atoms with van der Waals surface area (Å²) in [5.74, 6) is 3.20. The molecule has 2 rings (SSSR count). The average molecular weight is 222 g/mol. The third kappa shape index (κ3) is 2.88. The quantitative estimate of drug-likeness (QED) is 0.790. The van der Waals surface area contributed by atoms with Gasteiger partial charge < -0.3 is 5.32 Å². The fourth-order valence-electron chi connectivity index (χ4n) is 2.08. The molecule has 0 spiro atoms. The van der Waals surface area contributed by atoms with Crippen LogP contribution < -0.4 is 5.32 Å². The van der Waals surface area contributed by atoms with E-state index in [0.29, 0.717) is 0 Å². The molecule has 0 aromatic carbocycles. The Morgan fingerprint density at radius 3 is 3.00 bits per heavy atom. The molecule has 15 heavy (non-hydrogen) atoms. The highest BCUT2D eigenvalue weighted by molar-refractivity contribution is 7.99. The second kappa shape index (κ2) is 5.40. The molecule has 1 aromatic heterocycles. The van der Waals surface area contributed by atoms with E-state index in [2.05, 4.69) is 16.4 Å². The summed E-state index contributed by atoms with van der Waals surface area (Å²) in [5, 5.41) is 3.14. The number of aromatic nitrogens is 1. The van der Waals surface area contributed by atoms with Crippen LogP contribution in [0, 0.1) is 5.92 Å². The summed E-state index contributed by atoms with van der Waals surface area (Å²) in [6.45, 7) is 0. The van der Waals surface area contributed by atoms with E-state index in [1.807, 2.05) is 31.1 Å². The molecule has 1 aromatic rings. The predicted molar refractivity (Wildman–Crippen MR) is 66.5 cm³/mol. The van der Waals surface area contributed by atoms with Crippen LogP contribution in [-0.4, -0.2) is 17.8 Å². The summed E-state index contributed by atoms with van der Waals surface area (Å²) in [6, 6.07) is 4.16. The summed E-state index contributed by atoms with van der Waals surface area (Å²) in [6.07, 6.45) is 7.53. The van der Waals surface area contributed by atoms with Gasteiger partial charge in [0.25, 0.3) is 0 Å². The molecule has 1 heterocycles. The van der Waals surface area contributed by atoms with Crippen molar-refractivity contribution in [2.45, 2.75) is 30.6 Å². The first-order chi connectivity index (χ1) is 7.40. The van der Waals surface area contributed by atoms with E-state index < -0.39 is 0 Å². The number of anilines is 1. The summed E-state index contributed by atoms with van der Waals surface area (Å²) in [5.41, 5.74) is 0. The molecule has 1 aliphatic rings. The molecule has 0 amide bonds. The summed E-state index contributed by atoms with van der Waals surface area (Å²) in [7, 11) is 1.93. The fourth-order valence-corrected chi connectivity index (χ4v) is 3.29. The van der Waals surface area contributed by atoms with Crippen LogP contribution in [-0.2, 0) is 0 Å². The summed E-state index contributed by atoms with van der Waals surface area (Å²) < 4.78 is 0. The van der Waals surface area contributed by atoms with E-state index >= 15 is 0 Å². The number of hydrogen-bond donors (Lipinski definition) is 1. The maximum absolute atomic E-state index is 4.31. The highest BCUT2D eigenvalue weighted by Crippen LogP contribution is 2.32. The smallest absolute Gasteiger partial charge is 0.139 e. The first-order valence-electron chi connectivity index (χ1n) is 5.65. The molecule has 0 radical (unpaired) electrons. The minimum absolute atomic E-state index is 0.930. The van der Waals surface area contributed by atoms with Gasteiger partial charge in [0.15, 0.2) is 0 Å². The monoisotopic (exact) mass is 222 g/mol. The van der Waals surface area contributed by atoms with Crippen LogP contribution in [0.1, 0.15) is 25.7 Å². The van der Waals surface area contributed by atoms with E-state index in [0.717, 1.165) is 11.7 Å². The maximum Gasteiger partial charge on any atom is 0.139 e. The zero-order valence-electron chi connectivity index (χ0n) is 9.20. The van der Waals surface area contributed by atoms with Crippen molar-refractivity contribution in [3.8, 4) is 0 Å². The van der Waals surface area contributed by atoms with Crippen molar-refractivity contribution in [3.05, 3.63) is 18.3 Å². The Labute approximate surface area is 95.9 Å². The van der Waals surface area contributed by atoms with E-state index in [4.69, 9.17) is 0 Å². The van der Waals surface area contributed by atoms with Gasteiger partial charge in [0.05, 0.1) is 0 Å². The van der Waals surface area contributed by atoms with Crippen LogP contribution in [0.15, 0.2) is 23.2 Å². The molecule has 2 nitrogen and oxygen atoms in total. The van der Waals surface area contributed by atoms with Crippen molar-refractivity contribution >= 4 is 17.6 Å². The first-order valence-corrected chi connectivity index (χ1v) is 6.64. The normalized spacial score (nSPS) is 16.9. The van der Waals surface area contributed by atoms with E-state index in [-0.39, 0.29) is 0 Å². The molecule has 1 aliphatic carbocycles. The van der Waals surface area contributed by atoms with Crippen LogP contribution in [0.2, 0.25) is 0 Å². The Bertz CT molecular complexity index is 308. The molecule has 0 bridgehead atoms. The molecule has 82 valence electrons. The van der Waals surface area contributed by atoms with Gasteiger partial charge in [0.2, 0.25) is 0 Å². The lowest BCUT2D eigenvalue weighted by atomic mass is 10.1. The van der Waals surface area contributed by atoms with Gasteiger partial charge in [-0.2, -0.15) is 0 Å². The van der Waals surface area contributed by atoms with Crippen LogP contribution >= 0.6 is 11.8 Å². The number of thioether (sulfide) groups is 1. The molecular formula is C12H18N2S. The van der Waals surface area contributed by atoms with Crippen LogP contribution in [0.25, 0.3) is 0 Å². The Kier molecular flexibility index (Phi) is 3.89. The molecule has 3 heteroatoms. The highest BCUT2D eigenvalue weighted by Gasteiger charge is 2.15. The fraction of sp³-hybridized carbons (Fsp3) is 0.583. The Morgan fingerprint density at radius 1 is 1.47 bits per heavy atom. The second-order valence-corrected chi connectivity index (χ2v) is 5.12. The lowest BCUT2D eigenvalue weighted by molar-refractivity contribution is 0.623.